The van der Waals surface area contributed by atoms with Crippen LogP contribution < -0.4 is 0 Å². The van der Waals surface area contributed by atoms with Crippen LogP contribution in [0.2, 0.25) is 0 Å². The molecule has 0 spiro atoms. The molecule has 0 aromatic heterocycles. The fraction of sp³-hybridized carbons (Fsp3) is 0.958. The summed E-state index contributed by atoms with van der Waals surface area (Å²) in [7, 11) is 0. The van der Waals surface area contributed by atoms with E-state index >= 15 is 0 Å². The second-order valence-electron chi connectivity index (χ2n) is 8.38. The summed E-state index contributed by atoms with van der Waals surface area (Å²) in [6.07, 6.45) is 27.8. The van der Waals surface area contributed by atoms with Crippen molar-refractivity contribution in [2.45, 2.75) is 148 Å². The summed E-state index contributed by atoms with van der Waals surface area (Å²) in [5.41, 5.74) is 1.57. The highest BCUT2D eigenvalue weighted by Crippen LogP contribution is 2.20. The highest BCUT2D eigenvalue weighted by molar-refractivity contribution is 5.84. The van der Waals surface area contributed by atoms with Gasteiger partial charge in [0.05, 0.1) is 0 Å². The minimum atomic E-state index is 0.644. The van der Waals surface area contributed by atoms with Crippen molar-refractivity contribution in [2.75, 3.05) is 0 Å². The number of rotatable bonds is 11. The maximum Gasteiger partial charge on any atom is 0.0499 e. The first-order valence-corrected chi connectivity index (χ1v) is 11.9. The molecule has 1 rings (SSSR count). The molecule has 1 fully saturated rings. The topological polar surface area (TPSA) is 12.4 Å². The summed E-state index contributed by atoms with van der Waals surface area (Å²) < 4.78 is 0. The number of nitrogens with zero attached hydrogens (tertiary/aromatic N) is 1. The van der Waals surface area contributed by atoms with Crippen LogP contribution in [0, 0.1) is 0 Å². The molecule has 0 aromatic rings. The lowest BCUT2D eigenvalue weighted by Gasteiger charge is -2.15. The van der Waals surface area contributed by atoms with E-state index in [-0.39, 0.29) is 0 Å². The summed E-state index contributed by atoms with van der Waals surface area (Å²) in [6, 6.07) is 0.644. The van der Waals surface area contributed by atoms with Crippen LogP contribution in [0.15, 0.2) is 4.99 Å². The molecule has 0 aliphatic heterocycles. The minimum Gasteiger partial charge on any atom is -0.291 e. The largest absolute Gasteiger partial charge is 0.291 e. The first-order chi connectivity index (χ1) is 12.4. The Labute approximate surface area is 159 Å². The standard InChI is InChI=1S/C24H47N/c1-3-5-7-8-13-16-20-23(19-6-4-2)25-24-21-17-14-11-9-10-12-15-18-22-24/h24H,3-22H2,1-2H3. The number of aliphatic imine (C=N–C) groups is 1. The molecule has 0 saturated heterocycles. The summed E-state index contributed by atoms with van der Waals surface area (Å²) in [6.45, 7) is 4.62. The van der Waals surface area contributed by atoms with Crippen LogP contribution >= 0.6 is 0 Å². The molecule has 0 bridgehead atoms. The molecule has 0 N–H and O–H groups in total. The van der Waals surface area contributed by atoms with E-state index in [1.54, 1.807) is 5.71 Å². The van der Waals surface area contributed by atoms with Gasteiger partial charge in [0.1, 0.15) is 0 Å². The Bertz CT molecular complexity index is 295. The molecule has 1 nitrogen and oxygen atoms in total. The van der Waals surface area contributed by atoms with Crippen LogP contribution in [0.25, 0.3) is 0 Å². The summed E-state index contributed by atoms with van der Waals surface area (Å²) in [5.74, 6) is 0. The van der Waals surface area contributed by atoms with Crippen molar-refractivity contribution in [1.29, 1.82) is 0 Å². The van der Waals surface area contributed by atoms with E-state index in [0.29, 0.717) is 6.04 Å². The predicted molar refractivity (Wildman–Crippen MR) is 115 cm³/mol. The van der Waals surface area contributed by atoms with E-state index in [1.165, 1.54) is 128 Å². The van der Waals surface area contributed by atoms with Crippen molar-refractivity contribution in [2.24, 2.45) is 4.99 Å². The van der Waals surface area contributed by atoms with Gasteiger partial charge in [-0.2, -0.15) is 0 Å². The highest BCUT2D eigenvalue weighted by Gasteiger charge is 2.10. The molecule has 1 heteroatoms. The molecule has 25 heavy (non-hydrogen) atoms. The van der Waals surface area contributed by atoms with Gasteiger partial charge in [0.2, 0.25) is 0 Å². The SMILES string of the molecule is CCCCCCCCC(CCCC)=NC1CCCCCCCCCC1. The van der Waals surface area contributed by atoms with E-state index in [9.17, 15) is 0 Å². The molecule has 0 radical (unpaired) electrons. The fourth-order valence-electron chi connectivity index (χ4n) is 4.10. The van der Waals surface area contributed by atoms with Gasteiger partial charge in [0.15, 0.2) is 0 Å². The van der Waals surface area contributed by atoms with E-state index in [1.807, 2.05) is 0 Å². The molecular formula is C24H47N. The molecule has 148 valence electrons. The van der Waals surface area contributed by atoms with Gasteiger partial charge in [0.25, 0.3) is 0 Å². The Balaban J connectivity index is 2.44. The van der Waals surface area contributed by atoms with Crippen molar-refractivity contribution in [3.63, 3.8) is 0 Å². The molecule has 0 unspecified atom stereocenters. The maximum absolute atomic E-state index is 5.33. The van der Waals surface area contributed by atoms with Gasteiger partial charge in [0, 0.05) is 11.8 Å². The van der Waals surface area contributed by atoms with Gasteiger partial charge in [-0.1, -0.05) is 104 Å². The zero-order chi connectivity index (χ0) is 18.0. The highest BCUT2D eigenvalue weighted by atomic mass is 14.8. The predicted octanol–water partition coefficient (Wildman–Crippen LogP) is 8.65. The molecule has 1 aliphatic carbocycles. The Morgan fingerprint density at radius 1 is 0.600 bits per heavy atom. The molecule has 1 aliphatic rings. The van der Waals surface area contributed by atoms with E-state index in [0.717, 1.165) is 0 Å². The van der Waals surface area contributed by atoms with Crippen molar-refractivity contribution in [3.05, 3.63) is 0 Å². The smallest absolute Gasteiger partial charge is 0.0499 e. The Hall–Kier alpha value is -0.330. The normalized spacial score (nSPS) is 18.9. The van der Waals surface area contributed by atoms with Gasteiger partial charge < -0.3 is 0 Å². The quantitative estimate of drug-likeness (QED) is 0.261. The second kappa shape index (κ2) is 17.1. The number of hydrogen-bond acceptors (Lipinski definition) is 1. The lowest BCUT2D eigenvalue weighted by Crippen LogP contribution is -2.10. The van der Waals surface area contributed by atoms with Gasteiger partial charge in [-0.3, -0.25) is 4.99 Å². The third-order valence-corrected chi connectivity index (χ3v) is 5.83. The van der Waals surface area contributed by atoms with Crippen molar-refractivity contribution in [3.8, 4) is 0 Å². The lowest BCUT2D eigenvalue weighted by atomic mass is 10.0. The Morgan fingerprint density at radius 3 is 1.68 bits per heavy atom. The van der Waals surface area contributed by atoms with Crippen LogP contribution in [-0.2, 0) is 0 Å². The van der Waals surface area contributed by atoms with Crippen molar-refractivity contribution >= 4 is 5.71 Å². The minimum absolute atomic E-state index is 0.644. The van der Waals surface area contributed by atoms with Gasteiger partial charge in [-0.05, 0) is 38.5 Å². The number of unbranched alkanes of at least 4 members (excludes halogenated alkanes) is 6. The molecule has 0 heterocycles. The molecule has 1 saturated carbocycles. The van der Waals surface area contributed by atoms with Crippen LogP contribution in [0.3, 0.4) is 0 Å². The van der Waals surface area contributed by atoms with Crippen LogP contribution in [0.5, 0.6) is 0 Å². The molecular weight excluding hydrogens is 302 g/mol. The molecule has 0 aromatic carbocycles. The first-order valence-electron chi connectivity index (χ1n) is 11.9. The van der Waals surface area contributed by atoms with Crippen molar-refractivity contribution in [1.82, 2.24) is 0 Å². The van der Waals surface area contributed by atoms with Crippen LogP contribution in [0.1, 0.15) is 142 Å². The average Bonchev–Trinajstić information content (AvgIpc) is 2.68. The fourth-order valence-corrected chi connectivity index (χ4v) is 4.10. The Kier molecular flexibility index (Phi) is 15.5. The second-order valence-corrected chi connectivity index (χ2v) is 8.38. The average molecular weight is 350 g/mol. The van der Waals surface area contributed by atoms with Crippen molar-refractivity contribution < 1.29 is 0 Å². The van der Waals surface area contributed by atoms with E-state index < -0.39 is 0 Å². The Morgan fingerprint density at radius 2 is 1.08 bits per heavy atom. The molecule has 0 atom stereocenters. The zero-order valence-electron chi connectivity index (χ0n) is 17.7. The van der Waals surface area contributed by atoms with Crippen LogP contribution in [-0.4, -0.2) is 11.8 Å². The first kappa shape index (κ1) is 22.7. The third kappa shape index (κ3) is 13.5. The third-order valence-electron chi connectivity index (χ3n) is 5.83. The van der Waals surface area contributed by atoms with Crippen LogP contribution in [0.4, 0.5) is 0 Å². The zero-order valence-corrected chi connectivity index (χ0v) is 17.7. The molecule has 0 amide bonds. The van der Waals surface area contributed by atoms with E-state index in [4.69, 9.17) is 4.99 Å². The number of hydrogen-bond donors (Lipinski definition) is 0. The maximum atomic E-state index is 5.33. The van der Waals surface area contributed by atoms with Gasteiger partial charge >= 0.3 is 0 Å². The summed E-state index contributed by atoms with van der Waals surface area (Å²) >= 11 is 0. The summed E-state index contributed by atoms with van der Waals surface area (Å²) in [4.78, 5) is 5.33. The monoisotopic (exact) mass is 349 g/mol. The lowest BCUT2D eigenvalue weighted by molar-refractivity contribution is 0.509. The van der Waals surface area contributed by atoms with Gasteiger partial charge in [-0.25, -0.2) is 0 Å². The van der Waals surface area contributed by atoms with Gasteiger partial charge in [-0.15, -0.1) is 0 Å². The van der Waals surface area contributed by atoms with E-state index in [2.05, 4.69) is 13.8 Å². The summed E-state index contributed by atoms with van der Waals surface area (Å²) in [5, 5.41) is 0.